The Balaban J connectivity index is 1.81. The monoisotopic (exact) mass is 311 g/mol. The van der Waals surface area contributed by atoms with E-state index in [9.17, 15) is 8.42 Å². The Hall–Kier alpha value is -1.27. The fourth-order valence-corrected chi connectivity index (χ4v) is 4.97. The molecule has 2 fully saturated rings. The Kier molecular flexibility index (Phi) is 3.84. The highest BCUT2D eigenvalue weighted by Crippen LogP contribution is 2.45. The number of fused-ring (bicyclic) bond motifs is 2. The summed E-state index contributed by atoms with van der Waals surface area (Å²) in [6.07, 6.45) is 4.53. The first kappa shape index (κ1) is 14.7. The largest absolute Gasteiger partial charge is 0.493 e. The molecule has 21 heavy (non-hydrogen) atoms. The molecule has 0 aromatic heterocycles. The maximum absolute atomic E-state index is 12.5. The van der Waals surface area contributed by atoms with Crippen molar-refractivity contribution in [3.8, 4) is 11.5 Å². The van der Waals surface area contributed by atoms with Gasteiger partial charge in [0.1, 0.15) is 0 Å². The van der Waals surface area contributed by atoms with Gasteiger partial charge in [-0.2, -0.15) is 0 Å². The summed E-state index contributed by atoms with van der Waals surface area (Å²) in [6, 6.07) is 4.77. The third kappa shape index (κ3) is 2.74. The molecule has 3 rings (SSSR count). The lowest BCUT2D eigenvalue weighted by Crippen LogP contribution is -2.38. The van der Waals surface area contributed by atoms with E-state index in [-0.39, 0.29) is 10.9 Å². The molecule has 0 radical (unpaired) electrons. The van der Waals surface area contributed by atoms with E-state index < -0.39 is 10.0 Å². The van der Waals surface area contributed by atoms with Crippen LogP contribution in [0.1, 0.15) is 25.7 Å². The molecule has 2 saturated carbocycles. The standard InChI is InChI=1S/C15H21NO4S/c1-19-14-6-5-12(9-15(14)20-2)21(17,18)16-13-8-10-3-4-11(13)7-10/h5-6,9-11,13,16H,3-4,7-8H2,1-2H3/t10-,11+,13+/m1/s1. The summed E-state index contributed by atoms with van der Waals surface area (Å²) in [7, 11) is -0.484. The number of benzene rings is 1. The van der Waals surface area contributed by atoms with Crippen molar-refractivity contribution in [2.45, 2.75) is 36.6 Å². The van der Waals surface area contributed by atoms with Gasteiger partial charge in [0.2, 0.25) is 10.0 Å². The topological polar surface area (TPSA) is 64.6 Å². The van der Waals surface area contributed by atoms with Crippen LogP contribution >= 0.6 is 0 Å². The lowest BCUT2D eigenvalue weighted by molar-refractivity contribution is 0.353. The molecular weight excluding hydrogens is 290 g/mol. The maximum Gasteiger partial charge on any atom is 0.240 e. The van der Waals surface area contributed by atoms with Gasteiger partial charge in [0.05, 0.1) is 19.1 Å². The molecule has 0 unspecified atom stereocenters. The molecule has 2 bridgehead atoms. The minimum Gasteiger partial charge on any atom is -0.493 e. The van der Waals surface area contributed by atoms with E-state index in [1.54, 1.807) is 12.1 Å². The summed E-state index contributed by atoms with van der Waals surface area (Å²) in [5.41, 5.74) is 0. The van der Waals surface area contributed by atoms with Crippen molar-refractivity contribution >= 4 is 10.0 Å². The van der Waals surface area contributed by atoms with Crippen LogP contribution in [0, 0.1) is 11.8 Å². The van der Waals surface area contributed by atoms with Crippen molar-refractivity contribution in [1.29, 1.82) is 0 Å². The van der Waals surface area contributed by atoms with Gasteiger partial charge in [-0.3, -0.25) is 0 Å². The third-order valence-electron chi connectivity index (χ3n) is 4.71. The van der Waals surface area contributed by atoms with E-state index in [0.29, 0.717) is 23.3 Å². The first-order valence-electron chi connectivity index (χ1n) is 7.28. The van der Waals surface area contributed by atoms with Crippen molar-refractivity contribution in [2.75, 3.05) is 14.2 Å². The van der Waals surface area contributed by atoms with Gasteiger partial charge in [0.15, 0.2) is 11.5 Å². The normalized spacial score (nSPS) is 27.8. The zero-order valence-corrected chi connectivity index (χ0v) is 13.2. The van der Waals surface area contributed by atoms with Gasteiger partial charge in [-0.15, -0.1) is 0 Å². The average molecular weight is 311 g/mol. The van der Waals surface area contributed by atoms with E-state index >= 15 is 0 Å². The summed E-state index contributed by atoms with van der Waals surface area (Å²) in [4.78, 5) is 0.225. The van der Waals surface area contributed by atoms with Gasteiger partial charge < -0.3 is 9.47 Å². The number of nitrogens with one attached hydrogen (secondary N) is 1. The third-order valence-corrected chi connectivity index (χ3v) is 6.20. The fraction of sp³-hybridized carbons (Fsp3) is 0.600. The van der Waals surface area contributed by atoms with Crippen molar-refractivity contribution in [2.24, 2.45) is 11.8 Å². The minimum atomic E-state index is -3.51. The number of hydrogen-bond donors (Lipinski definition) is 1. The second-order valence-electron chi connectivity index (χ2n) is 5.92. The Morgan fingerprint density at radius 1 is 1.10 bits per heavy atom. The van der Waals surface area contributed by atoms with Crippen molar-refractivity contribution in [1.82, 2.24) is 4.72 Å². The lowest BCUT2D eigenvalue weighted by atomic mass is 9.96. The molecule has 0 spiro atoms. The summed E-state index contributed by atoms with van der Waals surface area (Å²) in [6.45, 7) is 0. The molecule has 3 atom stereocenters. The molecule has 1 N–H and O–H groups in total. The molecule has 0 heterocycles. The van der Waals surface area contributed by atoms with Crippen LogP contribution in [-0.2, 0) is 10.0 Å². The second-order valence-corrected chi connectivity index (χ2v) is 7.63. The molecule has 1 aromatic carbocycles. The highest BCUT2D eigenvalue weighted by molar-refractivity contribution is 7.89. The fourth-order valence-electron chi connectivity index (χ4n) is 3.64. The first-order chi connectivity index (χ1) is 10.0. The smallest absolute Gasteiger partial charge is 0.240 e. The van der Waals surface area contributed by atoms with Crippen LogP contribution < -0.4 is 14.2 Å². The average Bonchev–Trinajstić information content (AvgIpc) is 3.08. The Morgan fingerprint density at radius 3 is 2.43 bits per heavy atom. The van der Waals surface area contributed by atoms with E-state index in [0.717, 1.165) is 12.8 Å². The molecule has 5 nitrogen and oxygen atoms in total. The van der Waals surface area contributed by atoms with E-state index in [2.05, 4.69) is 4.72 Å². The summed E-state index contributed by atoms with van der Waals surface area (Å²) >= 11 is 0. The predicted molar refractivity (Wildman–Crippen MR) is 79.1 cm³/mol. The summed E-state index contributed by atoms with van der Waals surface area (Å²) < 4.78 is 38.2. The van der Waals surface area contributed by atoms with Crippen LogP contribution in [0.5, 0.6) is 11.5 Å². The molecule has 0 aliphatic heterocycles. The van der Waals surface area contributed by atoms with Gasteiger partial charge in [0, 0.05) is 12.1 Å². The molecular formula is C15H21NO4S. The van der Waals surface area contributed by atoms with Crippen molar-refractivity contribution in [3.05, 3.63) is 18.2 Å². The lowest BCUT2D eigenvalue weighted by Gasteiger charge is -2.23. The highest BCUT2D eigenvalue weighted by atomic mass is 32.2. The Bertz CT molecular complexity index is 629. The SMILES string of the molecule is COc1ccc(S(=O)(=O)N[C@H]2C[C@@H]3CC[C@H]2C3)cc1OC. The molecule has 1 aromatic rings. The van der Waals surface area contributed by atoms with Crippen LogP contribution in [0.25, 0.3) is 0 Å². The van der Waals surface area contributed by atoms with Crippen LogP contribution in [0.4, 0.5) is 0 Å². The summed E-state index contributed by atoms with van der Waals surface area (Å²) in [5, 5.41) is 0. The van der Waals surface area contributed by atoms with Crippen molar-refractivity contribution < 1.29 is 17.9 Å². The van der Waals surface area contributed by atoms with E-state index in [1.807, 2.05) is 0 Å². The van der Waals surface area contributed by atoms with Crippen LogP contribution in [0.2, 0.25) is 0 Å². The molecule has 2 aliphatic carbocycles. The Morgan fingerprint density at radius 2 is 1.86 bits per heavy atom. The zero-order valence-electron chi connectivity index (χ0n) is 12.3. The predicted octanol–water partition coefficient (Wildman–Crippen LogP) is 2.17. The van der Waals surface area contributed by atoms with Crippen molar-refractivity contribution in [3.63, 3.8) is 0 Å². The highest BCUT2D eigenvalue weighted by Gasteiger charge is 2.41. The maximum atomic E-state index is 12.5. The number of sulfonamides is 1. The molecule has 6 heteroatoms. The van der Waals surface area contributed by atoms with Gasteiger partial charge in [-0.05, 0) is 43.2 Å². The zero-order chi connectivity index (χ0) is 15.0. The number of hydrogen-bond acceptors (Lipinski definition) is 4. The van der Waals surface area contributed by atoms with E-state index in [1.165, 1.54) is 33.1 Å². The molecule has 0 amide bonds. The Labute approximate surface area is 125 Å². The number of methoxy groups -OCH3 is 2. The quantitative estimate of drug-likeness (QED) is 0.905. The molecule has 2 aliphatic rings. The summed E-state index contributed by atoms with van der Waals surface area (Å²) in [5.74, 6) is 2.16. The molecule has 0 saturated heterocycles. The van der Waals surface area contributed by atoms with E-state index in [4.69, 9.17) is 9.47 Å². The minimum absolute atomic E-state index is 0.0850. The van der Waals surface area contributed by atoms with Gasteiger partial charge >= 0.3 is 0 Å². The van der Waals surface area contributed by atoms with Gasteiger partial charge in [-0.25, -0.2) is 13.1 Å². The number of ether oxygens (including phenoxy) is 2. The van der Waals surface area contributed by atoms with Gasteiger partial charge in [-0.1, -0.05) is 6.42 Å². The number of rotatable bonds is 5. The van der Waals surface area contributed by atoms with Crippen LogP contribution in [0.15, 0.2) is 23.1 Å². The molecule has 116 valence electrons. The first-order valence-corrected chi connectivity index (χ1v) is 8.76. The van der Waals surface area contributed by atoms with Gasteiger partial charge in [0.25, 0.3) is 0 Å². The second kappa shape index (κ2) is 5.50. The van der Waals surface area contributed by atoms with Crippen LogP contribution in [0.3, 0.4) is 0 Å². The van der Waals surface area contributed by atoms with Crippen LogP contribution in [-0.4, -0.2) is 28.7 Å².